The lowest BCUT2D eigenvalue weighted by molar-refractivity contribution is -0.0505. The molecule has 1 fully saturated rings. The fraction of sp³-hybridized carbons (Fsp3) is 0.458. The summed E-state index contributed by atoms with van der Waals surface area (Å²) in [6.45, 7) is 6.87. The van der Waals surface area contributed by atoms with E-state index in [1.165, 1.54) is 0 Å². The lowest BCUT2D eigenvalue weighted by Gasteiger charge is -2.32. The predicted octanol–water partition coefficient (Wildman–Crippen LogP) is 3.93. The summed E-state index contributed by atoms with van der Waals surface area (Å²) in [7, 11) is 1.50. The van der Waals surface area contributed by atoms with Gasteiger partial charge in [0.05, 0.1) is 35.3 Å². The number of nitrogens with zero attached hydrogens (tertiary/aromatic N) is 3. The maximum Gasteiger partial charge on any atom is 0.494 e. The summed E-state index contributed by atoms with van der Waals surface area (Å²) >= 11 is 0. The first-order valence-corrected chi connectivity index (χ1v) is 11.1. The number of fused-ring (bicyclic) bond motifs is 4. The summed E-state index contributed by atoms with van der Waals surface area (Å²) in [5.74, 6) is 1.07. The van der Waals surface area contributed by atoms with Gasteiger partial charge in [0.1, 0.15) is 11.6 Å². The van der Waals surface area contributed by atoms with E-state index in [-0.39, 0.29) is 5.75 Å². The molecule has 2 aromatic carbocycles. The van der Waals surface area contributed by atoms with Crippen molar-refractivity contribution in [1.82, 2.24) is 14.5 Å². The average molecular weight is 455 g/mol. The molecule has 0 atom stereocenters. The molecule has 0 unspecified atom stereocenters. The first-order valence-electron chi connectivity index (χ1n) is 11.1. The van der Waals surface area contributed by atoms with E-state index in [0.29, 0.717) is 19.6 Å². The maximum absolute atomic E-state index is 13.1. The van der Waals surface area contributed by atoms with Crippen LogP contribution in [0.4, 0.5) is 8.78 Å². The number of halogens is 2. The Balaban J connectivity index is 1.60. The fourth-order valence-corrected chi connectivity index (χ4v) is 4.50. The molecule has 0 N–H and O–H groups in total. The van der Waals surface area contributed by atoms with Gasteiger partial charge < -0.3 is 18.6 Å². The zero-order chi connectivity index (χ0) is 23.5. The molecule has 3 aromatic rings. The zero-order valence-electron chi connectivity index (χ0n) is 19.6. The van der Waals surface area contributed by atoms with Crippen LogP contribution in [0.25, 0.3) is 11.0 Å². The topological polar surface area (TPSA) is 48.8 Å². The number of aromatic nitrogens is 2. The molecule has 2 aliphatic heterocycles. The minimum Gasteiger partial charge on any atom is -0.434 e. The Morgan fingerprint density at radius 2 is 1.76 bits per heavy atom. The van der Waals surface area contributed by atoms with Crippen LogP contribution in [-0.2, 0) is 28.9 Å². The molecule has 5 rings (SSSR count). The van der Waals surface area contributed by atoms with Gasteiger partial charge in [0.15, 0.2) is 0 Å². The van der Waals surface area contributed by atoms with Gasteiger partial charge in [-0.2, -0.15) is 8.78 Å². The van der Waals surface area contributed by atoms with E-state index < -0.39 is 24.9 Å². The van der Waals surface area contributed by atoms with E-state index in [9.17, 15) is 8.78 Å². The van der Waals surface area contributed by atoms with Gasteiger partial charge >= 0.3 is 13.7 Å². The Bertz CT molecular complexity index is 1180. The highest BCUT2D eigenvalue weighted by molar-refractivity contribution is 6.62. The highest BCUT2D eigenvalue weighted by Crippen LogP contribution is 2.37. The number of ether oxygens (including phenoxy) is 1. The minimum atomic E-state index is -2.88. The average Bonchev–Trinajstić information content (AvgIpc) is 3.14. The van der Waals surface area contributed by atoms with Crippen molar-refractivity contribution in [3.8, 4) is 5.75 Å². The van der Waals surface area contributed by atoms with E-state index in [2.05, 4.69) is 9.47 Å². The Labute approximate surface area is 192 Å². The van der Waals surface area contributed by atoms with Crippen molar-refractivity contribution in [2.45, 2.75) is 65.1 Å². The third kappa shape index (κ3) is 3.92. The first kappa shape index (κ1) is 22.3. The van der Waals surface area contributed by atoms with Crippen LogP contribution in [0.3, 0.4) is 0 Å². The van der Waals surface area contributed by atoms with Gasteiger partial charge in [-0.25, -0.2) is 4.98 Å². The second-order valence-electron chi connectivity index (χ2n) is 9.90. The van der Waals surface area contributed by atoms with Gasteiger partial charge in [-0.1, -0.05) is 18.2 Å². The Morgan fingerprint density at radius 3 is 2.45 bits per heavy atom. The second-order valence-corrected chi connectivity index (χ2v) is 9.90. The molecule has 0 radical (unpaired) electrons. The van der Waals surface area contributed by atoms with Crippen molar-refractivity contribution in [3.63, 3.8) is 0 Å². The van der Waals surface area contributed by atoms with Crippen LogP contribution in [-0.4, -0.2) is 46.4 Å². The van der Waals surface area contributed by atoms with Crippen LogP contribution in [0.2, 0.25) is 0 Å². The standard InChI is InChI=1S/C24H28BF2N3O3/c1-23(2)24(3,4)33-25(32-23)16-9-10-18-19(11-16)30-13-17-15(12-29(5)14-21(30)28-18)7-6-8-20(17)31-22(26)27/h6-11,22H,12-14H2,1-5H3. The Kier molecular flexibility index (Phi) is 5.27. The molecule has 0 amide bonds. The number of benzene rings is 2. The normalized spacial score (nSPS) is 19.9. The SMILES string of the molecule is CN1Cc2cccc(OC(F)F)c2Cn2c(nc3ccc(B4OC(C)(C)C(C)(C)O4)cc32)C1. The molecule has 0 spiro atoms. The molecule has 1 aromatic heterocycles. The van der Waals surface area contributed by atoms with Crippen LogP contribution in [0.15, 0.2) is 36.4 Å². The van der Waals surface area contributed by atoms with Crippen LogP contribution in [0, 0.1) is 0 Å². The smallest absolute Gasteiger partial charge is 0.434 e. The maximum atomic E-state index is 13.1. The van der Waals surface area contributed by atoms with Gasteiger partial charge in [0.2, 0.25) is 0 Å². The van der Waals surface area contributed by atoms with Gasteiger partial charge in [0, 0.05) is 12.1 Å². The number of rotatable bonds is 3. The molecule has 0 aliphatic carbocycles. The Hall–Kier alpha value is -2.49. The summed E-state index contributed by atoms with van der Waals surface area (Å²) in [5, 5.41) is 0. The molecular weight excluding hydrogens is 427 g/mol. The minimum absolute atomic E-state index is 0.202. The summed E-state index contributed by atoms with van der Waals surface area (Å²) in [5.41, 5.74) is 3.47. The van der Waals surface area contributed by atoms with Gasteiger partial charge in [-0.15, -0.1) is 0 Å². The van der Waals surface area contributed by atoms with Crippen LogP contribution in [0.1, 0.15) is 44.6 Å². The number of hydrogen-bond donors (Lipinski definition) is 0. The summed E-state index contributed by atoms with van der Waals surface area (Å²) in [6.07, 6.45) is 0. The van der Waals surface area contributed by atoms with Gasteiger partial charge in [-0.3, -0.25) is 4.90 Å². The van der Waals surface area contributed by atoms with Crippen molar-refractivity contribution >= 4 is 23.6 Å². The molecule has 174 valence electrons. The molecule has 3 heterocycles. The number of hydrogen-bond acceptors (Lipinski definition) is 5. The molecule has 0 bridgehead atoms. The highest BCUT2D eigenvalue weighted by Gasteiger charge is 2.51. The lowest BCUT2D eigenvalue weighted by atomic mass is 9.79. The summed E-state index contributed by atoms with van der Waals surface area (Å²) in [6, 6.07) is 11.3. The Morgan fingerprint density at radius 1 is 1.03 bits per heavy atom. The summed E-state index contributed by atoms with van der Waals surface area (Å²) < 4.78 is 45.6. The molecular formula is C24H28BF2N3O3. The largest absolute Gasteiger partial charge is 0.494 e. The van der Waals surface area contributed by atoms with E-state index in [1.807, 2.05) is 59.0 Å². The molecule has 2 aliphatic rings. The third-order valence-corrected chi connectivity index (χ3v) is 6.99. The molecule has 6 nitrogen and oxygen atoms in total. The van der Waals surface area contributed by atoms with E-state index in [0.717, 1.165) is 33.4 Å². The van der Waals surface area contributed by atoms with E-state index in [4.69, 9.17) is 19.0 Å². The summed E-state index contributed by atoms with van der Waals surface area (Å²) in [4.78, 5) is 6.97. The van der Waals surface area contributed by atoms with Crippen molar-refractivity contribution in [1.29, 1.82) is 0 Å². The van der Waals surface area contributed by atoms with Crippen molar-refractivity contribution in [2.75, 3.05) is 7.05 Å². The van der Waals surface area contributed by atoms with Crippen LogP contribution >= 0.6 is 0 Å². The molecule has 33 heavy (non-hydrogen) atoms. The highest BCUT2D eigenvalue weighted by atomic mass is 19.3. The van der Waals surface area contributed by atoms with E-state index >= 15 is 0 Å². The van der Waals surface area contributed by atoms with Crippen molar-refractivity contribution in [2.24, 2.45) is 0 Å². The first-order chi connectivity index (χ1) is 15.5. The lowest BCUT2D eigenvalue weighted by Crippen LogP contribution is -2.41. The molecule has 9 heteroatoms. The number of alkyl halides is 2. The fourth-order valence-electron chi connectivity index (χ4n) is 4.50. The van der Waals surface area contributed by atoms with Gasteiger partial charge in [0.25, 0.3) is 0 Å². The van der Waals surface area contributed by atoms with Gasteiger partial charge in [-0.05, 0) is 64.0 Å². The monoisotopic (exact) mass is 455 g/mol. The predicted molar refractivity (Wildman–Crippen MR) is 123 cm³/mol. The van der Waals surface area contributed by atoms with E-state index in [1.54, 1.807) is 12.1 Å². The molecule has 0 saturated carbocycles. The number of imidazole rings is 1. The van der Waals surface area contributed by atoms with Crippen LogP contribution in [0.5, 0.6) is 5.75 Å². The van der Waals surface area contributed by atoms with Crippen molar-refractivity contribution in [3.05, 3.63) is 53.3 Å². The quantitative estimate of drug-likeness (QED) is 0.561. The second kappa shape index (κ2) is 7.79. The molecule has 1 saturated heterocycles. The zero-order valence-corrected chi connectivity index (χ0v) is 19.6. The third-order valence-electron chi connectivity index (χ3n) is 6.99. The van der Waals surface area contributed by atoms with Crippen molar-refractivity contribution < 1.29 is 22.8 Å². The van der Waals surface area contributed by atoms with Crippen LogP contribution < -0.4 is 10.2 Å².